The maximum atomic E-state index is 12.7. The molecule has 1 amide bonds. The van der Waals surface area contributed by atoms with Crippen molar-refractivity contribution in [1.82, 2.24) is 9.55 Å². The highest BCUT2D eigenvalue weighted by atomic mass is 16.1. The van der Waals surface area contributed by atoms with Crippen molar-refractivity contribution in [2.45, 2.75) is 6.54 Å². The van der Waals surface area contributed by atoms with Gasteiger partial charge in [0.1, 0.15) is 0 Å². The second-order valence-corrected chi connectivity index (χ2v) is 5.91. The lowest BCUT2D eigenvalue weighted by atomic mass is 10.1. The Morgan fingerprint density at radius 1 is 0.960 bits per heavy atom. The lowest BCUT2D eigenvalue weighted by molar-refractivity contribution is 0.102. The van der Waals surface area contributed by atoms with Crippen LogP contribution in [0.25, 0.3) is 10.8 Å². The van der Waals surface area contributed by atoms with Crippen molar-refractivity contribution in [3.8, 4) is 0 Å². The fourth-order valence-electron chi connectivity index (χ4n) is 2.88. The largest absolute Gasteiger partial charge is 0.333 e. The van der Waals surface area contributed by atoms with Gasteiger partial charge in [0.05, 0.1) is 12.9 Å². The molecule has 4 heteroatoms. The third kappa shape index (κ3) is 3.28. The summed E-state index contributed by atoms with van der Waals surface area (Å²) in [4.78, 5) is 16.7. The SMILES string of the molecule is O=C(Nc1ccccc1Cn1ccnc1)c1ccc2ccccc2c1. The summed E-state index contributed by atoms with van der Waals surface area (Å²) in [5, 5.41) is 5.21. The molecule has 0 unspecified atom stereocenters. The van der Waals surface area contributed by atoms with Gasteiger partial charge in [-0.25, -0.2) is 4.98 Å². The first kappa shape index (κ1) is 15.1. The minimum atomic E-state index is -0.108. The molecular formula is C21H17N3O. The van der Waals surface area contributed by atoms with E-state index in [4.69, 9.17) is 0 Å². The molecule has 0 fully saturated rings. The molecule has 0 aliphatic heterocycles. The molecule has 0 radical (unpaired) electrons. The summed E-state index contributed by atoms with van der Waals surface area (Å²) in [6.07, 6.45) is 5.42. The number of carbonyl (C=O) groups is 1. The predicted molar refractivity (Wildman–Crippen MR) is 99.7 cm³/mol. The Morgan fingerprint density at radius 2 is 1.76 bits per heavy atom. The van der Waals surface area contributed by atoms with Crippen LogP contribution in [0.15, 0.2) is 85.5 Å². The Hall–Kier alpha value is -3.40. The molecule has 0 aliphatic carbocycles. The van der Waals surface area contributed by atoms with Gasteiger partial charge in [-0.15, -0.1) is 0 Å². The van der Waals surface area contributed by atoms with Crippen LogP contribution >= 0.6 is 0 Å². The molecule has 0 aliphatic rings. The number of carbonyl (C=O) groups excluding carboxylic acids is 1. The summed E-state index contributed by atoms with van der Waals surface area (Å²) >= 11 is 0. The zero-order chi connectivity index (χ0) is 17.1. The Bertz CT molecular complexity index is 1020. The number of amides is 1. The molecule has 0 atom stereocenters. The van der Waals surface area contributed by atoms with Gasteiger partial charge in [-0.1, -0.05) is 48.5 Å². The molecule has 3 aromatic carbocycles. The number of aromatic nitrogens is 2. The number of para-hydroxylation sites is 1. The highest BCUT2D eigenvalue weighted by Crippen LogP contribution is 2.20. The van der Waals surface area contributed by atoms with Crippen LogP contribution < -0.4 is 5.32 Å². The molecule has 25 heavy (non-hydrogen) atoms. The van der Waals surface area contributed by atoms with Crippen molar-refractivity contribution in [1.29, 1.82) is 0 Å². The molecule has 1 heterocycles. The quantitative estimate of drug-likeness (QED) is 0.606. The van der Waals surface area contributed by atoms with Gasteiger partial charge in [0.25, 0.3) is 5.91 Å². The predicted octanol–water partition coefficient (Wildman–Crippen LogP) is 4.34. The first-order chi connectivity index (χ1) is 12.3. The Morgan fingerprint density at radius 3 is 2.60 bits per heavy atom. The smallest absolute Gasteiger partial charge is 0.255 e. The van der Waals surface area contributed by atoms with Crippen LogP contribution in [-0.4, -0.2) is 15.5 Å². The van der Waals surface area contributed by atoms with E-state index < -0.39 is 0 Å². The summed E-state index contributed by atoms with van der Waals surface area (Å²) in [7, 11) is 0. The zero-order valence-electron chi connectivity index (χ0n) is 13.6. The third-order valence-corrected chi connectivity index (χ3v) is 4.19. The molecular weight excluding hydrogens is 310 g/mol. The Kier molecular flexibility index (Phi) is 4.01. The van der Waals surface area contributed by atoms with E-state index >= 15 is 0 Å². The van der Waals surface area contributed by atoms with Gasteiger partial charge in [0.2, 0.25) is 0 Å². The van der Waals surface area contributed by atoms with Crippen LogP contribution in [0, 0.1) is 0 Å². The van der Waals surface area contributed by atoms with Gasteiger partial charge >= 0.3 is 0 Å². The van der Waals surface area contributed by atoms with Gasteiger partial charge in [-0.05, 0) is 34.5 Å². The first-order valence-electron chi connectivity index (χ1n) is 8.13. The second kappa shape index (κ2) is 6.61. The Labute approximate surface area is 145 Å². The molecule has 1 aromatic heterocycles. The topological polar surface area (TPSA) is 46.9 Å². The van der Waals surface area contributed by atoms with E-state index in [-0.39, 0.29) is 5.91 Å². The number of hydrogen-bond donors (Lipinski definition) is 1. The highest BCUT2D eigenvalue weighted by molar-refractivity contribution is 6.06. The normalized spacial score (nSPS) is 10.7. The van der Waals surface area contributed by atoms with Gasteiger partial charge in [0, 0.05) is 23.6 Å². The van der Waals surface area contributed by atoms with Crippen molar-refractivity contribution in [3.63, 3.8) is 0 Å². The van der Waals surface area contributed by atoms with E-state index in [0.717, 1.165) is 22.0 Å². The van der Waals surface area contributed by atoms with Crippen molar-refractivity contribution < 1.29 is 4.79 Å². The molecule has 0 saturated heterocycles. The van der Waals surface area contributed by atoms with Crippen LogP contribution in [-0.2, 0) is 6.54 Å². The fraction of sp³-hybridized carbons (Fsp3) is 0.0476. The lowest BCUT2D eigenvalue weighted by Crippen LogP contribution is -2.14. The summed E-state index contributed by atoms with van der Waals surface area (Å²) < 4.78 is 1.97. The van der Waals surface area contributed by atoms with Crippen LogP contribution in [0.5, 0.6) is 0 Å². The molecule has 0 spiro atoms. The number of imidazole rings is 1. The van der Waals surface area contributed by atoms with Gasteiger partial charge in [-0.2, -0.15) is 0 Å². The van der Waals surface area contributed by atoms with Crippen LogP contribution in [0.1, 0.15) is 15.9 Å². The summed E-state index contributed by atoms with van der Waals surface area (Å²) in [6.45, 7) is 0.661. The van der Waals surface area contributed by atoms with E-state index in [2.05, 4.69) is 10.3 Å². The summed E-state index contributed by atoms with van der Waals surface area (Å²) in [5.74, 6) is -0.108. The number of hydrogen-bond acceptors (Lipinski definition) is 2. The van der Waals surface area contributed by atoms with Crippen LogP contribution in [0.3, 0.4) is 0 Å². The first-order valence-corrected chi connectivity index (χ1v) is 8.13. The standard InChI is InChI=1S/C21H17N3O/c25-21(18-10-9-16-5-1-2-6-17(16)13-18)23-20-8-4-3-7-19(20)14-24-12-11-22-15-24/h1-13,15H,14H2,(H,23,25). The number of anilines is 1. The highest BCUT2D eigenvalue weighted by Gasteiger charge is 2.10. The van der Waals surface area contributed by atoms with Crippen LogP contribution in [0.4, 0.5) is 5.69 Å². The number of fused-ring (bicyclic) bond motifs is 1. The maximum Gasteiger partial charge on any atom is 0.255 e. The minimum absolute atomic E-state index is 0.108. The second-order valence-electron chi connectivity index (χ2n) is 5.91. The fourth-order valence-corrected chi connectivity index (χ4v) is 2.88. The van der Waals surface area contributed by atoms with E-state index in [9.17, 15) is 4.79 Å². The van der Waals surface area contributed by atoms with Gasteiger partial charge < -0.3 is 9.88 Å². The molecule has 1 N–H and O–H groups in total. The molecule has 122 valence electrons. The molecule has 4 rings (SSSR count). The molecule has 0 bridgehead atoms. The lowest BCUT2D eigenvalue weighted by Gasteiger charge is -2.12. The monoisotopic (exact) mass is 327 g/mol. The third-order valence-electron chi connectivity index (χ3n) is 4.19. The molecule has 0 saturated carbocycles. The van der Waals surface area contributed by atoms with E-state index in [1.807, 2.05) is 77.5 Å². The number of nitrogens with zero attached hydrogens (tertiary/aromatic N) is 2. The van der Waals surface area contributed by atoms with Gasteiger partial charge in [0.15, 0.2) is 0 Å². The number of nitrogens with one attached hydrogen (secondary N) is 1. The van der Waals surface area contributed by atoms with Crippen LogP contribution in [0.2, 0.25) is 0 Å². The molecule has 4 aromatic rings. The van der Waals surface area contributed by atoms with Crippen molar-refractivity contribution in [3.05, 3.63) is 96.6 Å². The summed E-state index contributed by atoms with van der Waals surface area (Å²) in [5.41, 5.74) is 2.50. The number of rotatable bonds is 4. The van der Waals surface area contributed by atoms with Gasteiger partial charge in [-0.3, -0.25) is 4.79 Å². The van der Waals surface area contributed by atoms with Crippen molar-refractivity contribution in [2.24, 2.45) is 0 Å². The number of benzene rings is 3. The molecule has 4 nitrogen and oxygen atoms in total. The maximum absolute atomic E-state index is 12.7. The van der Waals surface area contributed by atoms with E-state index in [1.54, 1.807) is 12.5 Å². The average Bonchev–Trinajstić information content (AvgIpc) is 3.16. The Balaban J connectivity index is 1.59. The summed E-state index contributed by atoms with van der Waals surface area (Å²) in [6, 6.07) is 21.6. The van der Waals surface area contributed by atoms with E-state index in [0.29, 0.717) is 12.1 Å². The average molecular weight is 327 g/mol. The van der Waals surface area contributed by atoms with Crippen molar-refractivity contribution in [2.75, 3.05) is 5.32 Å². The van der Waals surface area contributed by atoms with E-state index in [1.165, 1.54) is 0 Å². The minimum Gasteiger partial charge on any atom is -0.333 e. The van der Waals surface area contributed by atoms with Crippen molar-refractivity contribution >= 4 is 22.4 Å². The zero-order valence-corrected chi connectivity index (χ0v) is 13.6.